The third-order valence-electron chi connectivity index (χ3n) is 2.62. The van der Waals surface area contributed by atoms with E-state index in [9.17, 15) is 0 Å². The molecule has 1 aliphatic rings. The Labute approximate surface area is 83.5 Å². The van der Waals surface area contributed by atoms with Gasteiger partial charge in [-0.05, 0) is 19.8 Å². The Morgan fingerprint density at radius 2 is 2.14 bits per heavy atom. The monoisotopic (exact) mass is 193 g/mol. The summed E-state index contributed by atoms with van der Waals surface area (Å²) in [5, 5.41) is 0. The summed E-state index contributed by atoms with van der Waals surface area (Å²) in [6.45, 7) is 3.55. The fraction of sp³-hybridized carbons (Fsp3) is 0.600. The van der Waals surface area contributed by atoms with Crippen molar-refractivity contribution in [1.82, 2.24) is 9.97 Å². The number of hydrogen-bond donors (Lipinski definition) is 1. The van der Waals surface area contributed by atoms with Crippen LogP contribution in [0.3, 0.4) is 0 Å². The molecule has 2 heterocycles. The maximum absolute atomic E-state index is 5.67. The highest BCUT2D eigenvalue weighted by Gasteiger charge is 2.18. The van der Waals surface area contributed by atoms with Crippen molar-refractivity contribution in [3.05, 3.63) is 17.7 Å². The summed E-state index contributed by atoms with van der Waals surface area (Å²) in [6, 6.07) is 0. The van der Waals surface area contributed by atoms with Crippen molar-refractivity contribution >= 4 is 5.69 Å². The van der Waals surface area contributed by atoms with Crippen molar-refractivity contribution in [3.8, 4) is 0 Å². The topological polar surface area (TPSA) is 61.0 Å². The largest absolute Gasteiger partial charge is 0.396 e. The van der Waals surface area contributed by atoms with Crippen LogP contribution in [0, 0.1) is 6.92 Å². The van der Waals surface area contributed by atoms with Gasteiger partial charge in [-0.2, -0.15) is 0 Å². The second-order valence-corrected chi connectivity index (χ2v) is 3.66. The van der Waals surface area contributed by atoms with Crippen LogP contribution >= 0.6 is 0 Å². The first-order chi connectivity index (χ1) is 6.77. The van der Waals surface area contributed by atoms with Gasteiger partial charge in [-0.15, -0.1) is 0 Å². The molecule has 0 radical (unpaired) electrons. The molecule has 0 aromatic carbocycles. The van der Waals surface area contributed by atoms with E-state index in [1.54, 1.807) is 6.20 Å². The summed E-state index contributed by atoms with van der Waals surface area (Å²) in [7, 11) is 0. The van der Waals surface area contributed by atoms with Gasteiger partial charge in [-0.25, -0.2) is 9.97 Å². The van der Waals surface area contributed by atoms with Crippen molar-refractivity contribution < 1.29 is 4.74 Å². The van der Waals surface area contributed by atoms with Crippen molar-refractivity contribution in [3.63, 3.8) is 0 Å². The maximum Gasteiger partial charge on any atom is 0.131 e. The Morgan fingerprint density at radius 3 is 2.79 bits per heavy atom. The molecule has 0 spiro atoms. The zero-order valence-electron chi connectivity index (χ0n) is 8.36. The smallest absolute Gasteiger partial charge is 0.131 e. The zero-order valence-corrected chi connectivity index (χ0v) is 8.36. The predicted octanol–water partition coefficient (Wildman–Crippen LogP) is 1.26. The molecule has 1 aliphatic heterocycles. The van der Waals surface area contributed by atoms with Crippen LogP contribution in [0.4, 0.5) is 5.69 Å². The number of rotatable bonds is 1. The molecule has 0 atom stereocenters. The van der Waals surface area contributed by atoms with Crippen LogP contribution in [0.2, 0.25) is 0 Å². The molecule has 2 N–H and O–H groups in total. The SMILES string of the molecule is Cc1nc(C2CCOCC2)ncc1N. The lowest BCUT2D eigenvalue weighted by atomic mass is 9.99. The average Bonchev–Trinajstić information content (AvgIpc) is 2.23. The van der Waals surface area contributed by atoms with Crippen LogP contribution in [0.5, 0.6) is 0 Å². The molecule has 1 aromatic rings. The molecule has 14 heavy (non-hydrogen) atoms. The van der Waals surface area contributed by atoms with Crippen molar-refractivity contribution in [2.45, 2.75) is 25.7 Å². The number of nitrogens with zero attached hydrogens (tertiary/aromatic N) is 2. The summed E-state index contributed by atoms with van der Waals surface area (Å²) in [5.41, 5.74) is 7.21. The molecule has 1 aromatic heterocycles. The van der Waals surface area contributed by atoms with E-state index >= 15 is 0 Å². The lowest BCUT2D eigenvalue weighted by molar-refractivity contribution is 0.0835. The van der Waals surface area contributed by atoms with Crippen LogP contribution in [0.25, 0.3) is 0 Å². The van der Waals surface area contributed by atoms with E-state index < -0.39 is 0 Å². The van der Waals surface area contributed by atoms with Crippen LogP contribution in [0.1, 0.15) is 30.3 Å². The molecular weight excluding hydrogens is 178 g/mol. The standard InChI is InChI=1S/C10H15N3O/c1-7-9(11)6-12-10(13-7)8-2-4-14-5-3-8/h6,8H,2-5,11H2,1H3. The van der Waals surface area contributed by atoms with Gasteiger partial charge in [0.2, 0.25) is 0 Å². The van der Waals surface area contributed by atoms with Gasteiger partial charge in [0.1, 0.15) is 5.82 Å². The van der Waals surface area contributed by atoms with E-state index in [1.807, 2.05) is 6.92 Å². The minimum Gasteiger partial charge on any atom is -0.396 e. The van der Waals surface area contributed by atoms with Crippen molar-refractivity contribution in [2.24, 2.45) is 0 Å². The van der Waals surface area contributed by atoms with E-state index in [4.69, 9.17) is 10.5 Å². The number of nitrogens with two attached hydrogens (primary N) is 1. The Balaban J connectivity index is 2.18. The lowest BCUT2D eigenvalue weighted by Gasteiger charge is -2.20. The number of aromatic nitrogens is 2. The third-order valence-corrected chi connectivity index (χ3v) is 2.62. The van der Waals surface area contributed by atoms with Gasteiger partial charge in [-0.3, -0.25) is 0 Å². The van der Waals surface area contributed by atoms with Crippen molar-refractivity contribution in [1.29, 1.82) is 0 Å². The molecular formula is C10H15N3O. The number of anilines is 1. The molecule has 0 saturated carbocycles. The molecule has 0 aliphatic carbocycles. The van der Waals surface area contributed by atoms with Crippen LogP contribution in [0.15, 0.2) is 6.20 Å². The van der Waals surface area contributed by atoms with E-state index in [0.717, 1.165) is 37.6 Å². The minimum absolute atomic E-state index is 0.447. The molecule has 76 valence electrons. The van der Waals surface area contributed by atoms with Gasteiger partial charge >= 0.3 is 0 Å². The van der Waals surface area contributed by atoms with Crippen molar-refractivity contribution in [2.75, 3.05) is 18.9 Å². The van der Waals surface area contributed by atoms with E-state index in [-0.39, 0.29) is 0 Å². The molecule has 2 rings (SSSR count). The molecule has 4 nitrogen and oxygen atoms in total. The number of nitrogen functional groups attached to an aromatic ring is 1. The third kappa shape index (κ3) is 1.85. The van der Waals surface area contributed by atoms with Crippen LogP contribution < -0.4 is 5.73 Å². The molecule has 0 unspecified atom stereocenters. The highest BCUT2D eigenvalue weighted by molar-refractivity contribution is 5.39. The van der Waals surface area contributed by atoms with Gasteiger partial charge < -0.3 is 10.5 Å². The fourth-order valence-electron chi connectivity index (χ4n) is 1.65. The Morgan fingerprint density at radius 1 is 1.43 bits per heavy atom. The van der Waals surface area contributed by atoms with Gasteiger partial charge in [0, 0.05) is 19.1 Å². The quantitative estimate of drug-likeness (QED) is 0.729. The highest BCUT2D eigenvalue weighted by Crippen LogP contribution is 2.24. The molecule has 0 bridgehead atoms. The first-order valence-electron chi connectivity index (χ1n) is 4.94. The van der Waals surface area contributed by atoms with Gasteiger partial charge in [0.05, 0.1) is 17.6 Å². The molecule has 4 heteroatoms. The first kappa shape index (κ1) is 9.40. The second-order valence-electron chi connectivity index (χ2n) is 3.66. The van der Waals surface area contributed by atoms with Crippen LogP contribution in [-0.4, -0.2) is 23.2 Å². The molecule has 0 amide bonds. The summed E-state index contributed by atoms with van der Waals surface area (Å²) in [4.78, 5) is 8.68. The molecule has 1 fully saturated rings. The predicted molar refractivity (Wildman–Crippen MR) is 54.0 cm³/mol. The average molecular weight is 193 g/mol. The van der Waals surface area contributed by atoms with Gasteiger partial charge in [0.15, 0.2) is 0 Å². The Bertz CT molecular complexity index is 321. The highest BCUT2D eigenvalue weighted by atomic mass is 16.5. The van der Waals surface area contributed by atoms with Crippen LogP contribution in [-0.2, 0) is 4.74 Å². The summed E-state index contributed by atoms with van der Waals surface area (Å²) >= 11 is 0. The first-order valence-corrected chi connectivity index (χ1v) is 4.94. The summed E-state index contributed by atoms with van der Waals surface area (Å²) in [6.07, 6.45) is 3.74. The number of hydrogen-bond acceptors (Lipinski definition) is 4. The summed E-state index contributed by atoms with van der Waals surface area (Å²) < 4.78 is 5.29. The zero-order chi connectivity index (χ0) is 9.97. The number of ether oxygens (including phenoxy) is 1. The van der Waals surface area contributed by atoms with Gasteiger partial charge in [0.25, 0.3) is 0 Å². The van der Waals surface area contributed by atoms with E-state index in [2.05, 4.69) is 9.97 Å². The molecule has 1 saturated heterocycles. The fourth-order valence-corrected chi connectivity index (χ4v) is 1.65. The summed E-state index contributed by atoms with van der Waals surface area (Å²) in [5.74, 6) is 1.36. The minimum atomic E-state index is 0.447. The van der Waals surface area contributed by atoms with Gasteiger partial charge in [-0.1, -0.05) is 0 Å². The maximum atomic E-state index is 5.67. The van der Waals surface area contributed by atoms with E-state index in [1.165, 1.54) is 0 Å². The lowest BCUT2D eigenvalue weighted by Crippen LogP contribution is -2.16. The normalized spacial score (nSPS) is 18.4. The van der Waals surface area contributed by atoms with E-state index in [0.29, 0.717) is 11.6 Å². The Hall–Kier alpha value is -1.16. The Kier molecular flexibility index (Phi) is 2.63. The second kappa shape index (κ2) is 3.92. The number of aryl methyl sites for hydroxylation is 1.